The van der Waals surface area contributed by atoms with E-state index in [1.165, 1.54) is 23.6 Å². The first-order valence-electron chi connectivity index (χ1n) is 12.9. The molecule has 4 rings (SSSR count). The van der Waals surface area contributed by atoms with Crippen LogP contribution >= 0.6 is 22.9 Å². The molecule has 1 fully saturated rings. The number of morpholine rings is 1. The van der Waals surface area contributed by atoms with Crippen molar-refractivity contribution >= 4 is 34.9 Å². The van der Waals surface area contributed by atoms with E-state index in [-0.39, 0.29) is 18.7 Å². The number of carbonyl (C=O) groups is 2. The summed E-state index contributed by atoms with van der Waals surface area (Å²) in [5.41, 5.74) is 0.447. The van der Waals surface area contributed by atoms with Crippen molar-refractivity contribution in [2.24, 2.45) is 0 Å². The Kier molecular flexibility index (Phi) is 9.58. The average Bonchev–Trinajstić information content (AvgIpc) is 3.37. The van der Waals surface area contributed by atoms with Gasteiger partial charge in [-0.3, -0.25) is 4.79 Å². The third-order valence-electron chi connectivity index (χ3n) is 5.89. The molecule has 0 spiro atoms. The van der Waals surface area contributed by atoms with E-state index >= 15 is 0 Å². The first kappa shape index (κ1) is 31.4. The molecule has 1 unspecified atom stereocenters. The van der Waals surface area contributed by atoms with Crippen molar-refractivity contribution in [2.75, 3.05) is 26.3 Å². The van der Waals surface area contributed by atoms with Gasteiger partial charge < -0.3 is 24.4 Å². The molecule has 226 valence electrons. The fraction of sp³-hybridized carbons (Fsp3) is 0.444. The minimum atomic E-state index is -4.67. The summed E-state index contributed by atoms with van der Waals surface area (Å²) in [6, 6.07) is 4.14. The largest absolute Gasteiger partial charge is 0.491 e. The first-order chi connectivity index (χ1) is 19.7. The van der Waals surface area contributed by atoms with Gasteiger partial charge in [0.05, 0.1) is 25.4 Å². The van der Waals surface area contributed by atoms with Gasteiger partial charge in [-0.15, -0.1) is 11.3 Å². The summed E-state index contributed by atoms with van der Waals surface area (Å²) in [5, 5.41) is 3.29. The lowest BCUT2D eigenvalue weighted by Crippen LogP contribution is -2.49. The number of nitrogens with zero attached hydrogens (tertiary/aromatic N) is 4. The van der Waals surface area contributed by atoms with E-state index in [1.807, 2.05) is 0 Å². The van der Waals surface area contributed by atoms with E-state index in [1.54, 1.807) is 44.7 Å². The molecule has 3 aromatic rings. The molecule has 0 aliphatic carbocycles. The lowest BCUT2D eigenvalue weighted by atomic mass is 10.1. The molecule has 1 N–H and O–H groups in total. The van der Waals surface area contributed by atoms with Crippen molar-refractivity contribution < 1.29 is 37.0 Å². The fourth-order valence-electron chi connectivity index (χ4n) is 3.90. The number of alkyl halides is 3. The lowest BCUT2D eigenvalue weighted by molar-refractivity contribution is -0.145. The van der Waals surface area contributed by atoms with Crippen molar-refractivity contribution in [2.45, 2.75) is 51.6 Å². The Bertz CT molecular complexity index is 1410. The number of hydrogen-bond donors (Lipinski definition) is 1. The summed E-state index contributed by atoms with van der Waals surface area (Å²) in [5.74, 6) is -1.44. The number of halogens is 4. The standard InChI is InChI=1S/C27H29ClF3N5O5S/c1-15(18-10-33-24(34-11-18)27(29,30)31)35-22(37)16-7-17(23-32-12-21(28)42-23)9-19(8-16)40-14-20-13-36(5-6-39-20)25(38)41-26(2,3)4/h7-12,15,20H,5-6,13-14H2,1-4H3,(H,35,37)/t15?,20-/m0/s1. The molecule has 1 aliphatic heterocycles. The van der Waals surface area contributed by atoms with Crippen LogP contribution in [0.3, 0.4) is 0 Å². The monoisotopic (exact) mass is 627 g/mol. The maximum Gasteiger partial charge on any atom is 0.451 e. The number of thiazole rings is 1. The minimum Gasteiger partial charge on any atom is -0.491 e. The van der Waals surface area contributed by atoms with Gasteiger partial charge in [0.1, 0.15) is 33.4 Å². The Morgan fingerprint density at radius 3 is 2.50 bits per heavy atom. The predicted molar refractivity (Wildman–Crippen MR) is 149 cm³/mol. The van der Waals surface area contributed by atoms with Crippen LogP contribution in [-0.2, 0) is 15.7 Å². The second-order valence-corrected chi connectivity index (χ2v) is 12.1. The maximum atomic E-state index is 13.2. The number of benzene rings is 1. The summed E-state index contributed by atoms with van der Waals surface area (Å²) in [6.07, 6.45) is -2.02. The van der Waals surface area contributed by atoms with Gasteiger partial charge in [-0.05, 0) is 45.9 Å². The Morgan fingerprint density at radius 1 is 1.17 bits per heavy atom. The molecule has 1 aliphatic rings. The van der Waals surface area contributed by atoms with E-state index < -0.39 is 41.7 Å². The maximum absolute atomic E-state index is 13.2. The van der Waals surface area contributed by atoms with Crippen LogP contribution in [0.1, 0.15) is 55.5 Å². The van der Waals surface area contributed by atoms with Gasteiger partial charge in [0, 0.05) is 35.6 Å². The van der Waals surface area contributed by atoms with Gasteiger partial charge in [0.15, 0.2) is 0 Å². The van der Waals surface area contributed by atoms with Crippen LogP contribution in [0.25, 0.3) is 10.6 Å². The van der Waals surface area contributed by atoms with Crippen molar-refractivity contribution in [1.82, 2.24) is 25.2 Å². The highest BCUT2D eigenvalue weighted by Gasteiger charge is 2.34. The van der Waals surface area contributed by atoms with Gasteiger partial charge in [0.2, 0.25) is 5.82 Å². The number of aromatic nitrogens is 3. The van der Waals surface area contributed by atoms with E-state index in [0.717, 1.165) is 12.4 Å². The van der Waals surface area contributed by atoms with Gasteiger partial charge >= 0.3 is 12.3 Å². The Morgan fingerprint density at radius 2 is 1.88 bits per heavy atom. The third kappa shape index (κ3) is 8.52. The fourth-order valence-corrected chi connectivity index (χ4v) is 4.80. The van der Waals surface area contributed by atoms with E-state index in [2.05, 4.69) is 20.3 Å². The van der Waals surface area contributed by atoms with Crippen LogP contribution in [-0.4, -0.2) is 69.9 Å². The summed E-state index contributed by atoms with van der Waals surface area (Å²) in [6.45, 7) is 8.02. The smallest absolute Gasteiger partial charge is 0.451 e. The molecule has 2 atom stereocenters. The second kappa shape index (κ2) is 12.8. The van der Waals surface area contributed by atoms with Crippen LogP contribution in [0.15, 0.2) is 36.8 Å². The third-order valence-corrected chi connectivity index (χ3v) is 7.06. The predicted octanol–water partition coefficient (Wildman–Crippen LogP) is 5.78. The highest BCUT2D eigenvalue weighted by Crippen LogP contribution is 2.32. The second-order valence-electron chi connectivity index (χ2n) is 10.5. The highest BCUT2D eigenvalue weighted by molar-refractivity contribution is 7.18. The zero-order valence-electron chi connectivity index (χ0n) is 23.2. The van der Waals surface area contributed by atoms with Crippen LogP contribution < -0.4 is 10.1 Å². The Hall–Kier alpha value is -3.49. The van der Waals surface area contributed by atoms with Crippen molar-refractivity contribution in [3.05, 3.63) is 58.1 Å². The first-order valence-corrected chi connectivity index (χ1v) is 14.1. The normalized spacial score (nSPS) is 16.6. The number of ether oxygens (including phenoxy) is 3. The molecule has 3 heterocycles. The zero-order chi connectivity index (χ0) is 30.7. The molecule has 2 amide bonds. The summed E-state index contributed by atoms with van der Waals surface area (Å²) in [4.78, 5) is 38.3. The molecule has 0 radical (unpaired) electrons. The topological polar surface area (TPSA) is 116 Å². The molecule has 0 saturated carbocycles. The van der Waals surface area contributed by atoms with Gasteiger partial charge in [0.25, 0.3) is 5.91 Å². The quantitative estimate of drug-likeness (QED) is 0.351. The van der Waals surface area contributed by atoms with Gasteiger partial charge in [-0.1, -0.05) is 11.6 Å². The molecular formula is C27H29ClF3N5O5S. The molecule has 2 aromatic heterocycles. The van der Waals surface area contributed by atoms with Crippen molar-refractivity contribution in [3.63, 3.8) is 0 Å². The van der Waals surface area contributed by atoms with Gasteiger partial charge in [-0.2, -0.15) is 13.2 Å². The number of rotatable bonds is 7. The molecule has 10 nitrogen and oxygen atoms in total. The minimum absolute atomic E-state index is 0.0851. The lowest BCUT2D eigenvalue weighted by Gasteiger charge is -2.34. The molecular weight excluding hydrogens is 599 g/mol. The van der Waals surface area contributed by atoms with Crippen LogP contribution in [0.4, 0.5) is 18.0 Å². The highest BCUT2D eigenvalue weighted by atomic mass is 35.5. The van der Waals surface area contributed by atoms with Gasteiger partial charge in [-0.25, -0.2) is 19.7 Å². The molecule has 0 bridgehead atoms. The molecule has 1 saturated heterocycles. The number of amides is 2. The summed E-state index contributed by atoms with van der Waals surface area (Å²) < 4.78 is 56.1. The summed E-state index contributed by atoms with van der Waals surface area (Å²) in [7, 11) is 0. The zero-order valence-corrected chi connectivity index (χ0v) is 24.8. The molecule has 15 heteroatoms. The van der Waals surface area contributed by atoms with Crippen LogP contribution in [0.2, 0.25) is 4.34 Å². The molecule has 42 heavy (non-hydrogen) atoms. The van der Waals surface area contributed by atoms with Crippen LogP contribution in [0, 0.1) is 0 Å². The Labute approximate surface area is 249 Å². The van der Waals surface area contributed by atoms with Crippen LogP contribution in [0.5, 0.6) is 5.75 Å². The Balaban J connectivity index is 1.48. The summed E-state index contributed by atoms with van der Waals surface area (Å²) >= 11 is 7.29. The molecule has 1 aromatic carbocycles. The van der Waals surface area contributed by atoms with Crippen molar-refractivity contribution in [1.29, 1.82) is 0 Å². The number of nitrogens with one attached hydrogen (secondary N) is 1. The van der Waals surface area contributed by atoms with E-state index in [4.69, 9.17) is 25.8 Å². The number of hydrogen-bond acceptors (Lipinski definition) is 9. The van der Waals surface area contributed by atoms with E-state index in [9.17, 15) is 22.8 Å². The average molecular weight is 628 g/mol. The van der Waals surface area contributed by atoms with Crippen molar-refractivity contribution in [3.8, 4) is 16.3 Å². The van der Waals surface area contributed by atoms with E-state index in [0.29, 0.717) is 39.4 Å². The number of carbonyl (C=O) groups excluding carboxylic acids is 2. The SMILES string of the molecule is CC(NC(=O)c1cc(OC[C@@H]2CN(C(=O)OC(C)(C)C)CCO2)cc(-c2ncc(Cl)s2)c1)c1cnc(C(F)(F)F)nc1.